The van der Waals surface area contributed by atoms with Gasteiger partial charge in [-0.2, -0.15) is 0 Å². The van der Waals surface area contributed by atoms with Crippen molar-refractivity contribution in [2.75, 3.05) is 6.61 Å². The third-order valence-electron chi connectivity index (χ3n) is 1.51. The maximum Gasteiger partial charge on any atom is 0.0493 e. The summed E-state index contributed by atoms with van der Waals surface area (Å²) in [7, 11) is 0. The van der Waals surface area contributed by atoms with Gasteiger partial charge in [-0.1, -0.05) is 18.6 Å². The highest BCUT2D eigenvalue weighted by atomic mass is 16.3. The van der Waals surface area contributed by atoms with E-state index < -0.39 is 0 Å². The molecule has 1 nitrogen and oxygen atoms in total. The summed E-state index contributed by atoms with van der Waals surface area (Å²) in [5.74, 6) is 0.333. The van der Waals surface area contributed by atoms with Crippen molar-refractivity contribution >= 4 is 0 Å². The number of hydrogen-bond donors (Lipinski definition) is 1. The van der Waals surface area contributed by atoms with E-state index in [9.17, 15) is 0 Å². The lowest BCUT2D eigenvalue weighted by Gasteiger charge is -2.05. The van der Waals surface area contributed by atoms with Crippen molar-refractivity contribution in [3.8, 4) is 0 Å². The Hall–Kier alpha value is -0.300. The van der Waals surface area contributed by atoms with Crippen molar-refractivity contribution in [2.45, 2.75) is 20.8 Å². The number of hydrogen-bond acceptors (Lipinski definition) is 1. The Kier molecular flexibility index (Phi) is 3.53. The molecule has 0 saturated heterocycles. The molecule has 48 valence electrons. The first-order valence-corrected chi connectivity index (χ1v) is 2.96. The van der Waals surface area contributed by atoms with Crippen LogP contribution in [-0.2, 0) is 0 Å². The van der Waals surface area contributed by atoms with Crippen LogP contribution in [0.4, 0.5) is 0 Å². The largest absolute Gasteiger partial charge is 0.396 e. The smallest absolute Gasteiger partial charge is 0.0493 e. The van der Waals surface area contributed by atoms with Crippen molar-refractivity contribution in [1.82, 2.24) is 0 Å². The predicted octanol–water partition coefficient (Wildman–Crippen LogP) is 1.58. The molecule has 0 aliphatic carbocycles. The zero-order valence-corrected chi connectivity index (χ0v) is 5.81. The second kappa shape index (κ2) is 3.67. The topological polar surface area (TPSA) is 20.2 Å². The molecule has 1 N–H and O–H groups in total. The SMILES string of the molecule is C/C=C(\C)C(C)CO. The molecule has 1 heteroatoms. The van der Waals surface area contributed by atoms with Crippen molar-refractivity contribution in [3.05, 3.63) is 11.6 Å². The van der Waals surface area contributed by atoms with Gasteiger partial charge in [-0.3, -0.25) is 0 Å². The minimum atomic E-state index is 0.260. The summed E-state index contributed by atoms with van der Waals surface area (Å²) in [5, 5.41) is 8.60. The average molecular weight is 114 g/mol. The van der Waals surface area contributed by atoms with Gasteiger partial charge < -0.3 is 5.11 Å². The molecule has 0 rings (SSSR count). The molecule has 0 aliphatic heterocycles. The summed E-state index contributed by atoms with van der Waals surface area (Å²) in [5.41, 5.74) is 1.26. The summed E-state index contributed by atoms with van der Waals surface area (Å²) in [6, 6.07) is 0. The molecule has 0 bridgehead atoms. The first-order chi connectivity index (χ1) is 3.72. The summed E-state index contributed by atoms with van der Waals surface area (Å²) in [4.78, 5) is 0. The maximum absolute atomic E-state index is 8.60. The van der Waals surface area contributed by atoms with E-state index in [2.05, 4.69) is 0 Å². The predicted molar refractivity (Wildman–Crippen MR) is 35.7 cm³/mol. The van der Waals surface area contributed by atoms with Gasteiger partial charge in [0.2, 0.25) is 0 Å². The van der Waals surface area contributed by atoms with E-state index in [1.807, 2.05) is 26.8 Å². The van der Waals surface area contributed by atoms with Crippen LogP contribution in [-0.4, -0.2) is 11.7 Å². The molecule has 1 unspecified atom stereocenters. The lowest BCUT2D eigenvalue weighted by atomic mass is 10.0. The Labute approximate surface area is 51.0 Å². The van der Waals surface area contributed by atoms with Gasteiger partial charge in [0.05, 0.1) is 0 Å². The van der Waals surface area contributed by atoms with E-state index in [0.29, 0.717) is 5.92 Å². The van der Waals surface area contributed by atoms with Crippen LogP contribution in [0.1, 0.15) is 20.8 Å². The fraction of sp³-hybridized carbons (Fsp3) is 0.714. The molecular formula is C7H14O. The quantitative estimate of drug-likeness (QED) is 0.540. The molecule has 0 heterocycles. The van der Waals surface area contributed by atoms with E-state index in [1.165, 1.54) is 5.57 Å². The fourth-order valence-electron chi connectivity index (χ4n) is 0.429. The van der Waals surface area contributed by atoms with Gasteiger partial charge in [-0.15, -0.1) is 0 Å². The normalized spacial score (nSPS) is 16.2. The highest BCUT2D eigenvalue weighted by Gasteiger charge is 1.98. The molecular weight excluding hydrogens is 100 g/mol. The van der Waals surface area contributed by atoms with Crippen LogP contribution in [0.15, 0.2) is 11.6 Å². The summed E-state index contributed by atoms with van der Waals surface area (Å²) < 4.78 is 0. The minimum absolute atomic E-state index is 0.260. The summed E-state index contributed by atoms with van der Waals surface area (Å²) >= 11 is 0. The molecule has 0 aromatic carbocycles. The maximum atomic E-state index is 8.60. The van der Waals surface area contributed by atoms with Gasteiger partial charge in [0.25, 0.3) is 0 Å². The van der Waals surface area contributed by atoms with Crippen LogP contribution in [0.2, 0.25) is 0 Å². The molecule has 0 aliphatic rings. The van der Waals surface area contributed by atoms with Crippen molar-refractivity contribution in [1.29, 1.82) is 0 Å². The van der Waals surface area contributed by atoms with Crippen molar-refractivity contribution in [2.24, 2.45) is 5.92 Å². The standard InChI is InChI=1S/C7H14O/c1-4-6(2)7(3)5-8/h4,7-8H,5H2,1-3H3/b6-4+. The number of rotatable bonds is 2. The van der Waals surface area contributed by atoms with Gasteiger partial charge in [0, 0.05) is 6.61 Å². The van der Waals surface area contributed by atoms with Gasteiger partial charge in [-0.05, 0) is 19.8 Å². The Morgan fingerprint density at radius 1 is 1.75 bits per heavy atom. The molecule has 0 aromatic rings. The van der Waals surface area contributed by atoms with Crippen LogP contribution in [0.25, 0.3) is 0 Å². The number of allylic oxidation sites excluding steroid dienone is 1. The third-order valence-corrected chi connectivity index (χ3v) is 1.51. The zero-order chi connectivity index (χ0) is 6.57. The fourth-order valence-corrected chi connectivity index (χ4v) is 0.429. The lowest BCUT2D eigenvalue weighted by Crippen LogP contribution is -2.00. The molecule has 0 aromatic heterocycles. The van der Waals surface area contributed by atoms with Gasteiger partial charge in [0.1, 0.15) is 0 Å². The number of aliphatic hydroxyl groups excluding tert-OH is 1. The van der Waals surface area contributed by atoms with E-state index in [4.69, 9.17) is 5.11 Å². The van der Waals surface area contributed by atoms with Crippen LogP contribution in [0, 0.1) is 5.92 Å². The van der Waals surface area contributed by atoms with Crippen LogP contribution in [0.5, 0.6) is 0 Å². The highest BCUT2D eigenvalue weighted by Crippen LogP contribution is 2.06. The van der Waals surface area contributed by atoms with E-state index >= 15 is 0 Å². The lowest BCUT2D eigenvalue weighted by molar-refractivity contribution is 0.256. The van der Waals surface area contributed by atoms with Gasteiger partial charge >= 0.3 is 0 Å². The van der Waals surface area contributed by atoms with Crippen molar-refractivity contribution < 1.29 is 5.11 Å². The third kappa shape index (κ3) is 2.12. The first kappa shape index (κ1) is 7.70. The molecule has 0 amide bonds. The summed E-state index contributed by atoms with van der Waals surface area (Å²) in [6.45, 7) is 6.29. The molecule has 1 atom stereocenters. The Morgan fingerprint density at radius 3 is 2.38 bits per heavy atom. The van der Waals surface area contributed by atoms with Crippen molar-refractivity contribution in [3.63, 3.8) is 0 Å². The summed E-state index contributed by atoms with van der Waals surface area (Å²) in [6.07, 6.45) is 2.03. The number of aliphatic hydroxyl groups is 1. The second-order valence-electron chi connectivity index (χ2n) is 2.12. The van der Waals surface area contributed by atoms with E-state index in [0.717, 1.165) is 0 Å². The minimum Gasteiger partial charge on any atom is -0.396 e. The second-order valence-corrected chi connectivity index (χ2v) is 2.12. The first-order valence-electron chi connectivity index (χ1n) is 2.96. The monoisotopic (exact) mass is 114 g/mol. The van der Waals surface area contributed by atoms with E-state index in [-0.39, 0.29) is 6.61 Å². The zero-order valence-electron chi connectivity index (χ0n) is 5.81. The van der Waals surface area contributed by atoms with Gasteiger partial charge in [-0.25, -0.2) is 0 Å². The highest BCUT2D eigenvalue weighted by molar-refractivity contribution is 4.99. The Bertz CT molecular complexity index is 84.4. The average Bonchev–Trinajstić information content (AvgIpc) is 1.84. The molecule has 8 heavy (non-hydrogen) atoms. The van der Waals surface area contributed by atoms with Crippen LogP contribution < -0.4 is 0 Å². The van der Waals surface area contributed by atoms with E-state index in [1.54, 1.807) is 0 Å². The molecule has 0 saturated carbocycles. The Balaban J connectivity index is 3.63. The van der Waals surface area contributed by atoms with Gasteiger partial charge in [0.15, 0.2) is 0 Å². The van der Waals surface area contributed by atoms with Crippen LogP contribution >= 0.6 is 0 Å². The molecule has 0 spiro atoms. The molecule has 0 radical (unpaired) electrons. The van der Waals surface area contributed by atoms with Crippen LogP contribution in [0.3, 0.4) is 0 Å². The molecule has 0 fully saturated rings. The Morgan fingerprint density at radius 2 is 2.25 bits per heavy atom.